The number of benzene rings is 1. The van der Waals surface area contributed by atoms with Gasteiger partial charge in [-0.2, -0.15) is 4.98 Å². The predicted molar refractivity (Wildman–Crippen MR) is 112 cm³/mol. The molecule has 5 rings (SSSR count). The van der Waals surface area contributed by atoms with E-state index in [1.807, 2.05) is 0 Å². The highest BCUT2D eigenvalue weighted by molar-refractivity contribution is 6.00. The number of hydrogen-bond donors (Lipinski definition) is 1. The molecule has 3 heterocycles. The van der Waals surface area contributed by atoms with Crippen molar-refractivity contribution < 1.29 is 18.7 Å². The third-order valence-corrected chi connectivity index (χ3v) is 5.47. The highest BCUT2D eigenvalue weighted by Crippen LogP contribution is 2.44. The molecule has 1 saturated carbocycles. The monoisotopic (exact) mass is 427 g/mol. The number of amides is 1. The van der Waals surface area contributed by atoms with E-state index < -0.39 is 17.3 Å². The third kappa shape index (κ3) is 4.36. The number of aryl methyl sites for hydroxylation is 1. The van der Waals surface area contributed by atoms with Crippen LogP contribution in [0.1, 0.15) is 37.1 Å². The highest BCUT2D eigenvalue weighted by Gasteiger charge is 2.52. The summed E-state index contributed by atoms with van der Waals surface area (Å²) < 4.78 is 26.3. The maximum absolute atomic E-state index is 14.9. The van der Waals surface area contributed by atoms with Crippen LogP contribution < -0.4 is 10.5 Å². The lowest BCUT2D eigenvalue weighted by Gasteiger charge is -2.45. The van der Waals surface area contributed by atoms with E-state index in [4.69, 9.17) is 15.2 Å². The van der Waals surface area contributed by atoms with Crippen LogP contribution in [0.4, 0.5) is 4.39 Å². The van der Waals surface area contributed by atoms with Gasteiger partial charge in [0, 0.05) is 31.5 Å². The molecule has 2 atom stereocenters. The molecule has 2 fully saturated rings. The largest absolute Gasteiger partial charge is 0.439 e. The second-order valence-electron chi connectivity index (χ2n) is 7.93. The van der Waals surface area contributed by atoms with E-state index >= 15 is 0 Å². The van der Waals surface area contributed by atoms with Gasteiger partial charge >= 0.3 is 0 Å². The van der Waals surface area contributed by atoms with Crippen LogP contribution in [0, 0.1) is 18.7 Å². The lowest BCUT2D eigenvalue weighted by atomic mass is 9.74. The molecular weight excluding hydrogens is 401 g/mol. The summed E-state index contributed by atoms with van der Waals surface area (Å²) in [5.74, 6) is 0.0179. The van der Waals surface area contributed by atoms with Crippen molar-refractivity contribution >= 4 is 11.9 Å². The molecule has 2 aliphatic heterocycles. The first-order valence-electron chi connectivity index (χ1n) is 10.4. The SMILES string of the molecule is C1CC1.Cc1nccc(Oc2ccc(F)c(C34COCCC3C(=O)N(C)C(N)=N4)c2)n1. The van der Waals surface area contributed by atoms with Gasteiger partial charge in [0.25, 0.3) is 0 Å². The molecular formula is C22H26FN5O3. The van der Waals surface area contributed by atoms with Crippen LogP contribution >= 0.6 is 0 Å². The van der Waals surface area contributed by atoms with Crippen molar-refractivity contribution in [3.8, 4) is 11.6 Å². The second kappa shape index (κ2) is 8.58. The molecule has 9 heteroatoms. The van der Waals surface area contributed by atoms with E-state index in [2.05, 4.69) is 15.0 Å². The number of nitrogens with zero attached hydrogens (tertiary/aromatic N) is 4. The van der Waals surface area contributed by atoms with E-state index in [1.54, 1.807) is 26.2 Å². The molecule has 1 aliphatic carbocycles. The zero-order chi connectivity index (χ0) is 22.0. The maximum Gasteiger partial charge on any atom is 0.235 e. The fourth-order valence-corrected chi connectivity index (χ4v) is 3.67. The van der Waals surface area contributed by atoms with Crippen molar-refractivity contribution in [3.63, 3.8) is 0 Å². The Bertz CT molecular complexity index is 1010. The molecule has 2 N–H and O–H groups in total. The van der Waals surface area contributed by atoms with Crippen LogP contribution in [0.5, 0.6) is 11.6 Å². The fourth-order valence-electron chi connectivity index (χ4n) is 3.67. The van der Waals surface area contributed by atoms with Gasteiger partial charge in [0.2, 0.25) is 11.8 Å². The van der Waals surface area contributed by atoms with E-state index in [0.717, 1.165) is 0 Å². The van der Waals surface area contributed by atoms with Crippen molar-refractivity contribution in [2.45, 2.75) is 38.1 Å². The first-order valence-corrected chi connectivity index (χ1v) is 10.4. The van der Waals surface area contributed by atoms with Crippen molar-refractivity contribution in [1.29, 1.82) is 0 Å². The van der Waals surface area contributed by atoms with Crippen LogP contribution in [-0.2, 0) is 15.1 Å². The van der Waals surface area contributed by atoms with Gasteiger partial charge in [0.05, 0.1) is 12.5 Å². The van der Waals surface area contributed by atoms with Gasteiger partial charge in [0.15, 0.2) is 5.96 Å². The van der Waals surface area contributed by atoms with E-state index in [9.17, 15) is 9.18 Å². The number of aliphatic imine (C=N–C) groups is 1. The zero-order valence-electron chi connectivity index (χ0n) is 17.7. The van der Waals surface area contributed by atoms with Gasteiger partial charge < -0.3 is 15.2 Å². The van der Waals surface area contributed by atoms with E-state index in [0.29, 0.717) is 30.5 Å². The first-order chi connectivity index (χ1) is 14.9. The van der Waals surface area contributed by atoms with Crippen LogP contribution in [0.15, 0.2) is 35.5 Å². The molecule has 0 radical (unpaired) electrons. The minimum atomic E-state index is -1.23. The molecule has 1 aromatic heterocycles. The number of carbonyl (C=O) groups is 1. The van der Waals surface area contributed by atoms with Crippen LogP contribution in [-0.4, -0.2) is 47.0 Å². The summed E-state index contributed by atoms with van der Waals surface area (Å²) in [7, 11) is 1.56. The average molecular weight is 427 g/mol. The summed E-state index contributed by atoms with van der Waals surface area (Å²) in [6.45, 7) is 2.21. The Hall–Kier alpha value is -3.07. The Morgan fingerprint density at radius 2 is 2.06 bits per heavy atom. The van der Waals surface area contributed by atoms with Gasteiger partial charge in [-0.1, -0.05) is 19.3 Å². The van der Waals surface area contributed by atoms with Crippen LogP contribution in [0.3, 0.4) is 0 Å². The minimum Gasteiger partial charge on any atom is -0.439 e. The Balaban J connectivity index is 0.000000710. The fraction of sp³-hybridized carbons (Fsp3) is 0.455. The summed E-state index contributed by atoms with van der Waals surface area (Å²) >= 11 is 0. The van der Waals surface area contributed by atoms with E-state index in [1.165, 1.54) is 42.4 Å². The molecule has 3 aliphatic rings. The number of aromatic nitrogens is 2. The molecule has 164 valence electrons. The summed E-state index contributed by atoms with van der Waals surface area (Å²) in [6.07, 6.45) is 6.50. The van der Waals surface area contributed by atoms with Gasteiger partial charge in [0.1, 0.15) is 22.9 Å². The number of fused-ring (bicyclic) bond motifs is 1. The molecule has 1 amide bonds. The molecule has 2 unspecified atom stereocenters. The molecule has 1 aromatic carbocycles. The molecule has 1 saturated heterocycles. The quantitative estimate of drug-likeness (QED) is 0.808. The van der Waals surface area contributed by atoms with Gasteiger partial charge in [-0.15, -0.1) is 0 Å². The van der Waals surface area contributed by atoms with Crippen LogP contribution in [0.25, 0.3) is 0 Å². The number of ether oxygens (including phenoxy) is 2. The predicted octanol–water partition coefficient (Wildman–Crippen LogP) is 2.91. The summed E-state index contributed by atoms with van der Waals surface area (Å²) in [5.41, 5.74) is 4.94. The van der Waals surface area contributed by atoms with E-state index in [-0.39, 0.29) is 24.0 Å². The Morgan fingerprint density at radius 1 is 1.29 bits per heavy atom. The summed E-state index contributed by atoms with van der Waals surface area (Å²) in [4.78, 5) is 26.8. The highest BCUT2D eigenvalue weighted by atomic mass is 19.1. The lowest BCUT2D eigenvalue weighted by Crippen LogP contribution is -2.58. The number of nitrogens with two attached hydrogens (primary N) is 1. The van der Waals surface area contributed by atoms with Gasteiger partial charge in [-0.3, -0.25) is 9.69 Å². The molecule has 2 aromatic rings. The number of hydrogen-bond acceptors (Lipinski definition) is 7. The Labute approximate surface area is 180 Å². The molecule has 0 spiro atoms. The van der Waals surface area contributed by atoms with Crippen LogP contribution in [0.2, 0.25) is 0 Å². The molecule has 31 heavy (non-hydrogen) atoms. The Kier molecular flexibility index (Phi) is 5.86. The van der Waals surface area contributed by atoms with Crippen molar-refractivity contribution in [1.82, 2.24) is 14.9 Å². The minimum absolute atomic E-state index is 0.0314. The normalized spacial score (nSPS) is 24.5. The first kappa shape index (κ1) is 21.2. The second-order valence-corrected chi connectivity index (χ2v) is 7.93. The Morgan fingerprint density at radius 3 is 2.77 bits per heavy atom. The maximum atomic E-state index is 14.9. The zero-order valence-corrected chi connectivity index (χ0v) is 17.7. The summed E-state index contributed by atoms with van der Waals surface area (Å²) in [6, 6.07) is 5.92. The number of rotatable bonds is 3. The van der Waals surface area contributed by atoms with Crippen molar-refractivity contribution in [2.24, 2.45) is 16.6 Å². The number of guanidine groups is 1. The third-order valence-electron chi connectivity index (χ3n) is 5.47. The number of halogens is 1. The van der Waals surface area contributed by atoms with Gasteiger partial charge in [-0.25, -0.2) is 14.4 Å². The smallest absolute Gasteiger partial charge is 0.235 e. The average Bonchev–Trinajstić information content (AvgIpc) is 3.63. The molecule has 0 bridgehead atoms. The molecule has 8 nitrogen and oxygen atoms in total. The van der Waals surface area contributed by atoms with Crippen molar-refractivity contribution in [3.05, 3.63) is 47.7 Å². The number of carbonyl (C=O) groups excluding carboxylic acids is 1. The van der Waals surface area contributed by atoms with Gasteiger partial charge in [-0.05, 0) is 31.5 Å². The standard InChI is InChI=1S/C19H20FN5O3.C3H6/c1-11-22-7-5-16(23-11)28-12-3-4-15(20)14(9-12)19-10-27-8-6-13(19)17(26)25(2)18(21)24-19;1-2-3-1/h3-5,7,9,13H,6,8,10H2,1-2H3,(H2,21,24);1-3H2. The summed E-state index contributed by atoms with van der Waals surface area (Å²) in [5, 5.41) is 0. The topological polar surface area (TPSA) is 103 Å². The lowest BCUT2D eigenvalue weighted by molar-refractivity contribution is -0.140. The van der Waals surface area contributed by atoms with Crippen molar-refractivity contribution in [2.75, 3.05) is 20.3 Å².